The van der Waals surface area contributed by atoms with E-state index in [4.69, 9.17) is 4.74 Å². The van der Waals surface area contributed by atoms with Gasteiger partial charge < -0.3 is 15.4 Å². The summed E-state index contributed by atoms with van der Waals surface area (Å²) in [5.74, 6) is 1.22. The van der Waals surface area contributed by atoms with Gasteiger partial charge in [0, 0.05) is 23.8 Å². The van der Waals surface area contributed by atoms with Crippen molar-refractivity contribution in [1.82, 2.24) is 29.9 Å². The van der Waals surface area contributed by atoms with Crippen LogP contribution in [0.15, 0.2) is 43.0 Å². The number of rotatable bonds is 5. The minimum atomic E-state index is 0.429. The zero-order valence-electron chi connectivity index (χ0n) is 15.8. The summed E-state index contributed by atoms with van der Waals surface area (Å²) in [7, 11) is 3.62. The lowest BCUT2D eigenvalue weighted by molar-refractivity contribution is 0.325. The summed E-state index contributed by atoms with van der Waals surface area (Å²) in [5.41, 5.74) is 3.89. The summed E-state index contributed by atoms with van der Waals surface area (Å²) in [6, 6.07) is 9.13. The zero-order chi connectivity index (χ0) is 19.1. The van der Waals surface area contributed by atoms with Gasteiger partial charge in [-0.25, -0.2) is 19.5 Å². The number of methoxy groups -OCH3 is 1. The van der Waals surface area contributed by atoms with Crippen molar-refractivity contribution in [2.24, 2.45) is 0 Å². The highest BCUT2D eigenvalue weighted by Crippen LogP contribution is 2.31. The molecule has 0 amide bonds. The Morgan fingerprint density at radius 2 is 2.00 bits per heavy atom. The molecule has 8 heteroatoms. The largest absolute Gasteiger partial charge is 0.480 e. The Bertz CT molecular complexity index is 1150. The molecule has 0 atom stereocenters. The number of aromatic nitrogens is 5. The molecule has 142 valence electrons. The zero-order valence-corrected chi connectivity index (χ0v) is 15.8. The third kappa shape index (κ3) is 2.82. The van der Waals surface area contributed by atoms with Crippen molar-refractivity contribution < 1.29 is 4.74 Å². The lowest BCUT2D eigenvalue weighted by atomic mass is 9.87. The van der Waals surface area contributed by atoms with Gasteiger partial charge >= 0.3 is 0 Å². The summed E-state index contributed by atoms with van der Waals surface area (Å²) in [6.07, 6.45) is 7.52. The SMILES string of the molecule is CNC1CC(Nc2ncc3c(-c4ccc5ncnc(OC)c5c4)ccn3n2)C1. The smallest absolute Gasteiger partial charge is 0.241 e. The second-order valence-electron chi connectivity index (χ2n) is 7.05. The fourth-order valence-electron chi connectivity index (χ4n) is 3.73. The topological polar surface area (TPSA) is 89.3 Å². The van der Waals surface area contributed by atoms with Gasteiger partial charge in [0.2, 0.25) is 11.8 Å². The molecule has 1 fully saturated rings. The minimum Gasteiger partial charge on any atom is -0.480 e. The van der Waals surface area contributed by atoms with Crippen molar-refractivity contribution in [2.45, 2.75) is 24.9 Å². The van der Waals surface area contributed by atoms with E-state index in [0.717, 1.165) is 40.4 Å². The standard InChI is InChI=1S/C20H21N7O/c1-21-13-8-14(9-13)25-20-22-10-18-15(5-6-27(18)26-20)12-3-4-17-16(7-12)19(28-2)24-11-23-17/h3-7,10-11,13-14,21H,8-9H2,1-2H3,(H,25,26). The molecular weight excluding hydrogens is 354 g/mol. The normalized spacial score (nSPS) is 18.9. The summed E-state index contributed by atoms with van der Waals surface area (Å²) in [5, 5.41) is 12.2. The average Bonchev–Trinajstić information content (AvgIpc) is 3.12. The molecule has 3 aromatic heterocycles. The summed E-state index contributed by atoms with van der Waals surface area (Å²) >= 11 is 0. The van der Waals surface area contributed by atoms with Crippen molar-refractivity contribution in [1.29, 1.82) is 0 Å². The van der Waals surface area contributed by atoms with E-state index in [1.165, 1.54) is 6.33 Å². The predicted octanol–water partition coefficient (Wildman–Crippen LogP) is 2.51. The first kappa shape index (κ1) is 16.9. The molecule has 0 bridgehead atoms. The highest BCUT2D eigenvalue weighted by atomic mass is 16.5. The molecule has 0 spiro atoms. The van der Waals surface area contributed by atoms with Gasteiger partial charge in [0.1, 0.15) is 6.33 Å². The molecule has 1 aliphatic carbocycles. The molecule has 0 saturated heterocycles. The van der Waals surface area contributed by atoms with E-state index in [2.05, 4.69) is 30.7 Å². The molecule has 0 radical (unpaired) electrons. The van der Waals surface area contributed by atoms with Crippen LogP contribution in [0.3, 0.4) is 0 Å². The molecule has 1 aromatic carbocycles. The van der Waals surface area contributed by atoms with Gasteiger partial charge in [0.05, 0.1) is 29.7 Å². The summed E-state index contributed by atoms with van der Waals surface area (Å²) in [6.45, 7) is 0. The van der Waals surface area contributed by atoms with Crippen LogP contribution in [0.2, 0.25) is 0 Å². The average molecular weight is 375 g/mol. The molecule has 1 saturated carbocycles. The number of benzene rings is 1. The van der Waals surface area contributed by atoms with Crippen LogP contribution in [-0.2, 0) is 0 Å². The summed E-state index contributed by atoms with van der Waals surface area (Å²) in [4.78, 5) is 13.0. The Balaban J connectivity index is 1.47. The van der Waals surface area contributed by atoms with Crippen LogP contribution in [0.5, 0.6) is 5.88 Å². The maximum absolute atomic E-state index is 5.38. The van der Waals surface area contributed by atoms with Crippen LogP contribution in [0.4, 0.5) is 5.95 Å². The number of nitrogens with zero attached hydrogens (tertiary/aromatic N) is 5. The first-order valence-electron chi connectivity index (χ1n) is 9.32. The van der Waals surface area contributed by atoms with E-state index in [9.17, 15) is 0 Å². The van der Waals surface area contributed by atoms with Gasteiger partial charge in [-0.3, -0.25) is 0 Å². The van der Waals surface area contributed by atoms with Gasteiger partial charge in [-0.1, -0.05) is 6.07 Å². The summed E-state index contributed by atoms with van der Waals surface area (Å²) < 4.78 is 7.24. The Labute approximate surface area is 162 Å². The lowest BCUT2D eigenvalue weighted by Gasteiger charge is -2.35. The van der Waals surface area contributed by atoms with Crippen molar-refractivity contribution >= 4 is 22.4 Å². The molecule has 0 aliphatic heterocycles. The van der Waals surface area contributed by atoms with Crippen LogP contribution in [0.25, 0.3) is 27.5 Å². The number of nitrogens with one attached hydrogen (secondary N) is 2. The number of fused-ring (bicyclic) bond motifs is 2. The number of anilines is 1. The highest BCUT2D eigenvalue weighted by molar-refractivity contribution is 5.91. The van der Waals surface area contributed by atoms with E-state index in [0.29, 0.717) is 23.9 Å². The van der Waals surface area contributed by atoms with Crippen molar-refractivity contribution in [3.05, 3.63) is 43.0 Å². The van der Waals surface area contributed by atoms with Crippen molar-refractivity contribution in [3.63, 3.8) is 0 Å². The Hall–Kier alpha value is -3.26. The quantitative estimate of drug-likeness (QED) is 0.554. The molecule has 5 rings (SSSR count). The van der Waals surface area contributed by atoms with Gasteiger partial charge in [0.15, 0.2) is 0 Å². The maximum atomic E-state index is 5.38. The number of ether oxygens (including phenoxy) is 1. The Morgan fingerprint density at radius 3 is 2.82 bits per heavy atom. The Morgan fingerprint density at radius 1 is 1.11 bits per heavy atom. The monoisotopic (exact) mass is 375 g/mol. The van der Waals surface area contributed by atoms with Gasteiger partial charge in [-0.15, -0.1) is 5.10 Å². The molecular formula is C20H21N7O. The fourth-order valence-corrected chi connectivity index (χ4v) is 3.73. The minimum absolute atomic E-state index is 0.429. The predicted molar refractivity (Wildman–Crippen MR) is 108 cm³/mol. The van der Waals surface area contributed by atoms with Crippen LogP contribution < -0.4 is 15.4 Å². The molecule has 8 nitrogen and oxygen atoms in total. The first-order chi connectivity index (χ1) is 13.7. The number of hydrogen-bond acceptors (Lipinski definition) is 7. The van der Waals surface area contributed by atoms with E-state index in [1.54, 1.807) is 7.11 Å². The number of hydrogen-bond donors (Lipinski definition) is 2. The highest BCUT2D eigenvalue weighted by Gasteiger charge is 2.28. The second-order valence-corrected chi connectivity index (χ2v) is 7.05. The molecule has 4 aromatic rings. The molecule has 2 N–H and O–H groups in total. The molecule has 1 aliphatic rings. The van der Waals surface area contributed by atoms with E-state index in [1.807, 2.05) is 48.2 Å². The molecule has 0 unspecified atom stereocenters. The second kappa shape index (κ2) is 6.72. The van der Waals surface area contributed by atoms with Gasteiger partial charge in [-0.05, 0) is 43.7 Å². The molecule has 3 heterocycles. The third-order valence-electron chi connectivity index (χ3n) is 5.40. The van der Waals surface area contributed by atoms with E-state index in [-0.39, 0.29) is 0 Å². The van der Waals surface area contributed by atoms with Crippen LogP contribution in [0, 0.1) is 0 Å². The van der Waals surface area contributed by atoms with Crippen molar-refractivity contribution in [3.8, 4) is 17.0 Å². The van der Waals surface area contributed by atoms with Gasteiger partial charge in [0.25, 0.3) is 0 Å². The van der Waals surface area contributed by atoms with E-state index >= 15 is 0 Å². The van der Waals surface area contributed by atoms with Gasteiger partial charge in [-0.2, -0.15) is 0 Å². The van der Waals surface area contributed by atoms with Crippen molar-refractivity contribution in [2.75, 3.05) is 19.5 Å². The maximum Gasteiger partial charge on any atom is 0.241 e. The Kier molecular flexibility index (Phi) is 4.05. The third-order valence-corrected chi connectivity index (χ3v) is 5.40. The lowest BCUT2D eigenvalue weighted by Crippen LogP contribution is -2.46. The first-order valence-corrected chi connectivity index (χ1v) is 9.32. The fraction of sp³-hybridized carbons (Fsp3) is 0.300. The van der Waals surface area contributed by atoms with E-state index < -0.39 is 0 Å². The molecule has 28 heavy (non-hydrogen) atoms. The van der Waals surface area contributed by atoms with Crippen LogP contribution in [-0.4, -0.2) is 50.8 Å². The van der Waals surface area contributed by atoms with Crippen LogP contribution in [0.1, 0.15) is 12.8 Å². The van der Waals surface area contributed by atoms with Crippen LogP contribution >= 0.6 is 0 Å².